The van der Waals surface area contributed by atoms with E-state index < -0.39 is 11.8 Å². The molecule has 0 heterocycles. The summed E-state index contributed by atoms with van der Waals surface area (Å²) in [7, 11) is 1.31. The topological polar surface area (TPSA) is 60.4 Å². The molecule has 0 spiro atoms. The van der Waals surface area contributed by atoms with Crippen LogP contribution in [0.25, 0.3) is 0 Å². The van der Waals surface area contributed by atoms with Crippen molar-refractivity contribution in [1.29, 1.82) is 0 Å². The van der Waals surface area contributed by atoms with E-state index in [4.69, 9.17) is 0 Å². The van der Waals surface area contributed by atoms with Gasteiger partial charge in [0.25, 0.3) is 0 Å². The normalized spacial score (nSPS) is 22.4. The molecule has 0 aliphatic heterocycles. The first-order valence-corrected chi connectivity index (χ1v) is 5.90. The molecule has 96 valence electrons. The minimum Gasteiger partial charge on any atom is -0.469 e. The zero-order chi connectivity index (χ0) is 13.2. The van der Waals surface area contributed by atoms with E-state index in [1.807, 2.05) is 13.8 Å². The third-order valence-electron chi connectivity index (χ3n) is 3.28. The predicted octanol–water partition coefficient (Wildman–Crippen LogP) is 1.76. The minimum atomic E-state index is -0.614. The van der Waals surface area contributed by atoms with Crippen molar-refractivity contribution in [1.82, 2.24) is 0 Å². The Morgan fingerprint density at radius 1 is 1.35 bits per heavy atom. The lowest BCUT2D eigenvalue weighted by molar-refractivity contribution is -0.147. The number of rotatable bonds is 3. The molecular weight excluding hydrogens is 220 g/mol. The molecule has 4 nitrogen and oxygen atoms in total. The minimum absolute atomic E-state index is 0.0398. The molecule has 1 rings (SSSR count). The summed E-state index contributed by atoms with van der Waals surface area (Å²) in [5.41, 5.74) is -0.237. The van der Waals surface area contributed by atoms with E-state index in [-0.39, 0.29) is 29.4 Å². The first-order valence-electron chi connectivity index (χ1n) is 5.90. The molecule has 1 saturated carbocycles. The van der Waals surface area contributed by atoms with Gasteiger partial charge in [-0.25, -0.2) is 0 Å². The van der Waals surface area contributed by atoms with Gasteiger partial charge < -0.3 is 4.74 Å². The molecule has 17 heavy (non-hydrogen) atoms. The van der Waals surface area contributed by atoms with Crippen LogP contribution in [-0.2, 0) is 19.1 Å². The molecule has 0 bridgehead atoms. The zero-order valence-corrected chi connectivity index (χ0v) is 10.9. The number of hydrogen-bond donors (Lipinski definition) is 0. The van der Waals surface area contributed by atoms with Crippen LogP contribution >= 0.6 is 0 Å². The summed E-state index contributed by atoms with van der Waals surface area (Å²) in [4.78, 5) is 35.1. The average molecular weight is 240 g/mol. The fraction of sp³-hybridized carbons (Fsp3) is 0.769. The number of hydrogen-bond acceptors (Lipinski definition) is 4. The van der Waals surface area contributed by atoms with Crippen LogP contribution in [-0.4, -0.2) is 24.6 Å². The number of esters is 1. The second-order valence-corrected chi connectivity index (χ2v) is 5.66. The highest BCUT2D eigenvalue weighted by molar-refractivity contribution is 6.05. The lowest BCUT2D eigenvalue weighted by Gasteiger charge is -2.32. The molecule has 1 aliphatic rings. The third-order valence-corrected chi connectivity index (χ3v) is 3.28. The van der Waals surface area contributed by atoms with E-state index in [1.54, 1.807) is 6.92 Å². The fourth-order valence-corrected chi connectivity index (χ4v) is 2.35. The van der Waals surface area contributed by atoms with Gasteiger partial charge in [0.2, 0.25) is 0 Å². The number of ether oxygens (including phenoxy) is 1. The monoisotopic (exact) mass is 240 g/mol. The first kappa shape index (κ1) is 13.9. The standard InChI is InChI=1S/C13H20O4/c1-8(12(16)17-4)5-9-10(14)6-13(2,3)7-11(9)15/h8-9H,5-7H2,1-4H3. The van der Waals surface area contributed by atoms with Crippen LogP contribution in [0.5, 0.6) is 0 Å². The molecule has 1 aliphatic carbocycles. The molecule has 0 aromatic rings. The van der Waals surface area contributed by atoms with Crippen molar-refractivity contribution < 1.29 is 19.1 Å². The number of carbonyl (C=O) groups is 3. The Hall–Kier alpha value is -1.19. The highest BCUT2D eigenvalue weighted by atomic mass is 16.5. The van der Waals surface area contributed by atoms with E-state index in [0.717, 1.165) is 0 Å². The van der Waals surface area contributed by atoms with Gasteiger partial charge in [-0.05, 0) is 11.8 Å². The molecular formula is C13H20O4. The summed E-state index contributed by atoms with van der Waals surface area (Å²) in [5.74, 6) is -1.46. The largest absolute Gasteiger partial charge is 0.469 e. The molecule has 0 saturated heterocycles. The molecule has 0 amide bonds. The van der Waals surface area contributed by atoms with Crippen LogP contribution in [0.1, 0.15) is 40.0 Å². The summed E-state index contributed by atoms with van der Waals surface area (Å²) in [5, 5.41) is 0. The van der Waals surface area contributed by atoms with Gasteiger partial charge in [-0.1, -0.05) is 20.8 Å². The Kier molecular flexibility index (Phi) is 4.07. The van der Waals surface area contributed by atoms with Crippen molar-refractivity contribution >= 4 is 17.5 Å². The molecule has 0 aromatic heterocycles. The van der Waals surface area contributed by atoms with Gasteiger partial charge in [0, 0.05) is 12.8 Å². The van der Waals surface area contributed by atoms with Crippen LogP contribution in [0, 0.1) is 17.3 Å². The van der Waals surface area contributed by atoms with Crippen molar-refractivity contribution in [2.45, 2.75) is 40.0 Å². The lowest BCUT2D eigenvalue weighted by Crippen LogP contribution is -2.39. The first-order chi connectivity index (χ1) is 7.76. The quantitative estimate of drug-likeness (QED) is 0.557. The Morgan fingerprint density at radius 3 is 2.24 bits per heavy atom. The van der Waals surface area contributed by atoms with E-state index in [0.29, 0.717) is 12.8 Å². The molecule has 1 unspecified atom stereocenters. The maximum atomic E-state index is 11.9. The maximum absolute atomic E-state index is 11.9. The van der Waals surface area contributed by atoms with E-state index in [2.05, 4.69) is 4.74 Å². The highest BCUT2D eigenvalue weighted by Crippen LogP contribution is 2.36. The zero-order valence-electron chi connectivity index (χ0n) is 10.9. The Bertz CT molecular complexity index is 323. The van der Waals surface area contributed by atoms with Gasteiger partial charge in [0.15, 0.2) is 0 Å². The summed E-state index contributed by atoms with van der Waals surface area (Å²) in [6.07, 6.45) is 1.11. The van der Waals surface area contributed by atoms with Gasteiger partial charge in [-0.3, -0.25) is 14.4 Å². The Morgan fingerprint density at radius 2 is 1.82 bits per heavy atom. The van der Waals surface area contributed by atoms with E-state index >= 15 is 0 Å². The molecule has 0 aromatic carbocycles. The van der Waals surface area contributed by atoms with Crippen LogP contribution in [0.15, 0.2) is 0 Å². The second-order valence-electron chi connectivity index (χ2n) is 5.66. The van der Waals surface area contributed by atoms with Gasteiger partial charge in [-0.2, -0.15) is 0 Å². The van der Waals surface area contributed by atoms with E-state index in [1.165, 1.54) is 7.11 Å². The van der Waals surface area contributed by atoms with Crippen LogP contribution in [0.2, 0.25) is 0 Å². The van der Waals surface area contributed by atoms with Crippen molar-refractivity contribution in [2.24, 2.45) is 17.3 Å². The smallest absolute Gasteiger partial charge is 0.308 e. The van der Waals surface area contributed by atoms with Crippen LogP contribution < -0.4 is 0 Å². The predicted molar refractivity (Wildman–Crippen MR) is 62.3 cm³/mol. The summed E-state index contributed by atoms with van der Waals surface area (Å²) >= 11 is 0. The fourth-order valence-electron chi connectivity index (χ4n) is 2.35. The molecule has 1 fully saturated rings. The Balaban J connectivity index is 2.69. The Labute approximate surface area is 102 Å². The van der Waals surface area contributed by atoms with Crippen molar-refractivity contribution in [3.63, 3.8) is 0 Å². The highest BCUT2D eigenvalue weighted by Gasteiger charge is 2.40. The lowest BCUT2D eigenvalue weighted by atomic mass is 9.69. The number of carbonyl (C=O) groups excluding carboxylic acids is 3. The SMILES string of the molecule is COC(=O)C(C)CC1C(=O)CC(C)(C)CC1=O. The van der Waals surface area contributed by atoms with Gasteiger partial charge in [0.05, 0.1) is 18.9 Å². The summed E-state index contributed by atoms with van der Waals surface area (Å²) in [6.45, 7) is 5.53. The molecule has 0 radical (unpaired) electrons. The molecule has 0 N–H and O–H groups in total. The summed E-state index contributed by atoms with van der Waals surface area (Å²) in [6, 6.07) is 0. The summed E-state index contributed by atoms with van der Waals surface area (Å²) < 4.78 is 4.60. The molecule has 1 atom stereocenters. The van der Waals surface area contributed by atoms with E-state index in [9.17, 15) is 14.4 Å². The second kappa shape index (κ2) is 4.98. The van der Waals surface area contributed by atoms with Crippen molar-refractivity contribution in [3.8, 4) is 0 Å². The maximum Gasteiger partial charge on any atom is 0.308 e. The van der Waals surface area contributed by atoms with Crippen LogP contribution in [0.3, 0.4) is 0 Å². The number of Topliss-reactive ketones (excluding diaryl/α,β-unsaturated/α-hetero) is 2. The van der Waals surface area contributed by atoms with Crippen molar-refractivity contribution in [3.05, 3.63) is 0 Å². The number of methoxy groups -OCH3 is 1. The van der Waals surface area contributed by atoms with Crippen molar-refractivity contribution in [2.75, 3.05) is 7.11 Å². The van der Waals surface area contributed by atoms with Gasteiger partial charge >= 0.3 is 5.97 Å². The molecule has 4 heteroatoms. The van der Waals surface area contributed by atoms with Gasteiger partial charge in [-0.15, -0.1) is 0 Å². The number of ketones is 2. The third kappa shape index (κ3) is 3.38. The van der Waals surface area contributed by atoms with Crippen LogP contribution in [0.4, 0.5) is 0 Å². The van der Waals surface area contributed by atoms with Gasteiger partial charge in [0.1, 0.15) is 11.6 Å². The average Bonchev–Trinajstić information content (AvgIpc) is 2.20.